The summed E-state index contributed by atoms with van der Waals surface area (Å²) in [6, 6.07) is 16.3. The van der Waals surface area contributed by atoms with Crippen LogP contribution in [0.1, 0.15) is 22.3 Å². The number of aromatic nitrogens is 1. The minimum absolute atomic E-state index is 0.130. The second-order valence-electron chi connectivity index (χ2n) is 6.00. The first-order valence-electron chi connectivity index (χ1n) is 8.39. The van der Waals surface area contributed by atoms with E-state index >= 15 is 0 Å². The number of fused-ring (bicyclic) bond motifs is 1. The van der Waals surface area contributed by atoms with Crippen molar-refractivity contribution in [2.75, 3.05) is 6.54 Å². The lowest BCUT2D eigenvalue weighted by atomic mass is 10.00. The fourth-order valence-corrected chi connectivity index (χ4v) is 2.77. The molecule has 0 saturated heterocycles. The van der Waals surface area contributed by atoms with Crippen LogP contribution in [0.2, 0.25) is 0 Å². The van der Waals surface area contributed by atoms with Crippen molar-refractivity contribution in [1.82, 2.24) is 10.3 Å². The molecule has 0 bridgehead atoms. The Balaban J connectivity index is 1.92. The van der Waals surface area contributed by atoms with Gasteiger partial charge in [-0.05, 0) is 12.1 Å². The van der Waals surface area contributed by atoms with Crippen LogP contribution in [-0.2, 0) is 9.59 Å². The van der Waals surface area contributed by atoms with Crippen molar-refractivity contribution in [1.29, 1.82) is 0 Å². The number of ketones is 1. The van der Waals surface area contributed by atoms with E-state index in [1.807, 2.05) is 24.3 Å². The smallest absolute Gasteiger partial charge is 0.322 e. The minimum Gasteiger partial charge on any atom is -0.480 e. The molecular formula is C21H18N2O4. The highest BCUT2D eigenvalue weighted by atomic mass is 16.4. The number of Topliss-reactive ketones (excluding diaryl/α,β-unsaturated/α-hetero) is 1. The van der Waals surface area contributed by atoms with Gasteiger partial charge in [0.2, 0.25) is 5.91 Å². The topological polar surface area (TPSA) is 99.3 Å². The van der Waals surface area contributed by atoms with Gasteiger partial charge in [0.25, 0.3) is 0 Å². The number of aliphatic carboxylic acids is 1. The van der Waals surface area contributed by atoms with Gasteiger partial charge in [0.1, 0.15) is 6.54 Å². The molecule has 27 heavy (non-hydrogen) atoms. The summed E-state index contributed by atoms with van der Waals surface area (Å²) in [5.74, 6) is -1.94. The van der Waals surface area contributed by atoms with Crippen LogP contribution >= 0.6 is 0 Å². The number of para-hydroxylation sites is 1. The fraction of sp³-hybridized carbons (Fsp3) is 0.0952. The monoisotopic (exact) mass is 362 g/mol. The third kappa shape index (κ3) is 4.49. The van der Waals surface area contributed by atoms with E-state index in [4.69, 9.17) is 5.11 Å². The maximum Gasteiger partial charge on any atom is 0.322 e. The van der Waals surface area contributed by atoms with Crippen molar-refractivity contribution in [3.63, 3.8) is 0 Å². The molecule has 0 spiro atoms. The molecule has 6 heteroatoms. The van der Waals surface area contributed by atoms with Crippen molar-refractivity contribution < 1.29 is 19.5 Å². The van der Waals surface area contributed by atoms with Gasteiger partial charge in [0.15, 0.2) is 5.78 Å². The molecule has 0 fully saturated rings. The number of H-pyrrole nitrogens is 1. The summed E-state index contributed by atoms with van der Waals surface area (Å²) in [4.78, 5) is 38.9. The highest BCUT2D eigenvalue weighted by Gasteiger charge is 2.17. The Morgan fingerprint density at radius 2 is 1.70 bits per heavy atom. The molecule has 6 nitrogen and oxygen atoms in total. The second-order valence-corrected chi connectivity index (χ2v) is 6.00. The first-order chi connectivity index (χ1) is 13.0. The number of hydrogen-bond acceptors (Lipinski definition) is 3. The summed E-state index contributed by atoms with van der Waals surface area (Å²) in [5.41, 5.74) is 2.36. The maximum atomic E-state index is 12.5. The van der Waals surface area contributed by atoms with E-state index in [1.165, 1.54) is 0 Å². The molecule has 0 aliphatic carbocycles. The van der Waals surface area contributed by atoms with Crippen molar-refractivity contribution in [3.8, 4) is 0 Å². The van der Waals surface area contributed by atoms with Gasteiger partial charge in [-0.2, -0.15) is 0 Å². The molecule has 3 rings (SSSR count). The zero-order chi connectivity index (χ0) is 19.2. The Kier molecular flexibility index (Phi) is 5.47. The number of carbonyl (C=O) groups is 3. The molecule has 1 amide bonds. The lowest BCUT2D eigenvalue weighted by Crippen LogP contribution is -2.31. The fourth-order valence-electron chi connectivity index (χ4n) is 2.77. The molecule has 2 aromatic carbocycles. The highest BCUT2D eigenvalue weighted by molar-refractivity contribution is 6.08. The van der Waals surface area contributed by atoms with Crippen LogP contribution in [0.3, 0.4) is 0 Å². The molecule has 0 saturated carbocycles. The Morgan fingerprint density at radius 1 is 1.00 bits per heavy atom. The number of amides is 1. The van der Waals surface area contributed by atoms with Crippen LogP contribution < -0.4 is 5.32 Å². The molecule has 3 N–H and O–H groups in total. The van der Waals surface area contributed by atoms with Crippen molar-refractivity contribution in [3.05, 3.63) is 77.5 Å². The van der Waals surface area contributed by atoms with Gasteiger partial charge in [-0.3, -0.25) is 14.4 Å². The van der Waals surface area contributed by atoms with E-state index in [0.29, 0.717) is 5.56 Å². The Hall–Kier alpha value is -3.67. The summed E-state index contributed by atoms with van der Waals surface area (Å²) >= 11 is 0. The van der Waals surface area contributed by atoms with Crippen LogP contribution in [0.5, 0.6) is 0 Å². The first kappa shape index (κ1) is 18.1. The van der Waals surface area contributed by atoms with Gasteiger partial charge in [-0.1, -0.05) is 48.5 Å². The lowest BCUT2D eigenvalue weighted by Gasteiger charge is -2.08. The third-order valence-electron chi connectivity index (χ3n) is 4.09. The molecule has 1 heterocycles. The van der Waals surface area contributed by atoms with Gasteiger partial charge < -0.3 is 15.4 Å². The summed E-state index contributed by atoms with van der Waals surface area (Å²) in [6.07, 6.45) is 3.24. The average Bonchev–Trinajstić information content (AvgIpc) is 3.09. The van der Waals surface area contributed by atoms with Gasteiger partial charge >= 0.3 is 5.97 Å². The Labute approximate surface area is 155 Å². The first-order valence-corrected chi connectivity index (χ1v) is 8.39. The summed E-state index contributed by atoms with van der Waals surface area (Å²) in [5, 5.41) is 12.0. The molecule has 136 valence electrons. The third-order valence-corrected chi connectivity index (χ3v) is 4.09. The number of hydrogen-bond donors (Lipinski definition) is 3. The summed E-state index contributed by atoms with van der Waals surface area (Å²) < 4.78 is 0. The standard InChI is InChI=1S/C21H18N2O4/c24-19(14-6-2-1-3-7-14)11-15(21(27)23-13-20(25)26)10-16-12-22-18-9-5-4-8-17(16)18/h1-10,12,22H,11,13H2,(H,23,27)(H,25,26)/b15-10+. The van der Waals surface area contributed by atoms with Gasteiger partial charge in [-0.15, -0.1) is 0 Å². The average molecular weight is 362 g/mol. The van der Waals surface area contributed by atoms with Crippen LogP contribution in [0.4, 0.5) is 0 Å². The zero-order valence-corrected chi connectivity index (χ0v) is 14.4. The van der Waals surface area contributed by atoms with E-state index in [9.17, 15) is 14.4 Å². The molecule has 1 aromatic heterocycles. The molecular weight excluding hydrogens is 344 g/mol. The predicted octanol–water partition coefficient (Wildman–Crippen LogP) is 3.03. The number of carbonyl (C=O) groups excluding carboxylic acids is 2. The van der Waals surface area contributed by atoms with E-state index in [1.54, 1.807) is 42.6 Å². The van der Waals surface area contributed by atoms with Gasteiger partial charge in [0, 0.05) is 40.2 Å². The quantitative estimate of drug-likeness (QED) is 0.444. The van der Waals surface area contributed by atoms with Crippen molar-refractivity contribution in [2.24, 2.45) is 0 Å². The second kappa shape index (κ2) is 8.14. The van der Waals surface area contributed by atoms with Gasteiger partial charge in [-0.25, -0.2) is 0 Å². The molecule has 3 aromatic rings. The Bertz CT molecular complexity index is 1020. The number of nitrogens with one attached hydrogen (secondary N) is 2. The molecule has 0 aliphatic rings. The number of carboxylic acids is 1. The molecule has 0 radical (unpaired) electrons. The number of carboxylic acid groups (broad SMARTS) is 1. The van der Waals surface area contributed by atoms with Crippen LogP contribution in [0.25, 0.3) is 17.0 Å². The summed E-state index contributed by atoms with van der Waals surface area (Å²) in [7, 11) is 0. The minimum atomic E-state index is -1.15. The number of aromatic amines is 1. The van der Waals surface area contributed by atoms with E-state index in [2.05, 4.69) is 10.3 Å². The number of rotatable bonds is 7. The predicted molar refractivity (Wildman–Crippen MR) is 102 cm³/mol. The lowest BCUT2D eigenvalue weighted by molar-refractivity contribution is -0.137. The van der Waals surface area contributed by atoms with Crippen LogP contribution in [0.15, 0.2) is 66.4 Å². The maximum absolute atomic E-state index is 12.5. The largest absolute Gasteiger partial charge is 0.480 e. The van der Waals surface area contributed by atoms with Crippen molar-refractivity contribution >= 4 is 34.6 Å². The SMILES string of the molecule is O=C(O)CNC(=O)/C(=C/c1c[nH]c2ccccc12)CC(=O)c1ccccc1. The van der Waals surface area contributed by atoms with Crippen molar-refractivity contribution in [2.45, 2.75) is 6.42 Å². The van der Waals surface area contributed by atoms with Crippen LogP contribution in [-0.4, -0.2) is 34.3 Å². The molecule has 0 atom stereocenters. The highest BCUT2D eigenvalue weighted by Crippen LogP contribution is 2.22. The normalized spacial score (nSPS) is 11.3. The zero-order valence-electron chi connectivity index (χ0n) is 14.4. The molecule has 0 aliphatic heterocycles. The van der Waals surface area contributed by atoms with E-state index in [-0.39, 0.29) is 17.8 Å². The Morgan fingerprint density at radius 3 is 2.44 bits per heavy atom. The van der Waals surface area contributed by atoms with E-state index < -0.39 is 18.4 Å². The summed E-state index contributed by atoms with van der Waals surface area (Å²) in [6.45, 7) is -0.510. The number of benzene rings is 2. The van der Waals surface area contributed by atoms with Gasteiger partial charge in [0.05, 0.1) is 0 Å². The van der Waals surface area contributed by atoms with E-state index in [0.717, 1.165) is 16.5 Å². The van der Waals surface area contributed by atoms with Crippen LogP contribution in [0, 0.1) is 0 Å². The molecule has 0 unspecified atom stereocenters.